The van der Waals surface area contributed by atoms with Gasteiger partial charge in [0.1, 0.15) is 0 Å². The number of alkyl halides is 3. The third-order valence-corrected chi connectivity index (χ3v) is 2.55. The van der Waals surface area contributed by atoms with Crippen molar-refractivity contribution >= 4 is 0 Å². The minimum atomic E-state index is -4.27. The van der Waals surface area contributed by atoms with E-state index in [2.05, 4.69) is 4.74 Å². The van der Waals surface area contributed by atoms with Crippen LogP contribution in [0, 0.1) is 0 Å². The molecule has 0 N–H and O–H groups in total. The van der Waals surface area contributed by atoms with Gasteiger partial charge in [0, 0.05) is 13.7 Å². The third-order valence-electron chi connectivity index (χ3n) is 2.55. The minimum Gasteiger partial charge on any atom is -0.367 e. The molecule has 0 aliphatic carbocycles. The van der Waals surface area contributed by atoms with Gasteiger partial charge in [-0.15, -0.1) is 0 Å². The molecule has 1 fully saturated rings. The first-order chi connectivity index (χ1) is 5.91. The zero-order chi connectivity index (χ0) is 10.1. The van der Waals surface area contributed by atoms with Crippen molar-refractivity contribution in [1.29, 1.82) is 0 Å². The summed E-state index contributed by atoms with van der Waals surface area (Å²) in [6.07, 6.45) is -3.67. The Bertz CT molecular complexity index is 183. The second kappa shape index (κ2) is 3.46. The summed E-state index contributed by atoms with van der Waals surface area (Å²) in [5.74, 6) is 0. The fourth-order valence-corrected chi connectivity index (χ4v) is 1.74. The van der Waals surface area contributed by atoms with E-state index in [-0.39, 0.29) is 13.0 Å². The number of piperidine rings is 1. The van der Waals surface area contributed by atoms with Gasteiger partial charge in [-0.1, -0.05) is 0 Å². The molecule has 0 spiro atoms. The molecule has 1 aliphatic heterocycles. The Morgan fingerprint density at radius 2 is 2.00 bits per heavy atom. The van der Waals surface area contributed by atoms with Crippen LogP contribution in [0.2, 0.25) is 0 Å². The molecule has 0 aromatic carbocycles. The Kier molecular flexibility index (Phi) is 2.87. The molecule has 0 aromatic heterocycles. The monoisotopic (exact) mass is 197 g/mol. The number of likely N-dealkylation sites (tertiary alicyclic amines) is 1. The first-order valence-corrected chi connectivity index (χ1v) is 4.22. The predicted molar refractivity (Wildman–Crippen MR) is 42.5 cm³/mol. The standard InChI is InChI=1S/C8H14F3NO/c1-12-5-3-4-7(6-12,13-2)8(9,10)11/h3-6H2,1-2H3. The van der Waals surface area contributed by atoms with Crippen LogP contribution < -0.4 is 0 Å². The highest BCUT2D eigenvalue weighted by Crippen LogP contribution is 2.39. The van der Waals surface area contributed by atoms with E-state index in [1.54, 1.807) is 11.9 Å². The van der Waals surface area contributed by atoms with Crippen LogP contribution in [0.4, 0.5) is 13.2 Å². The topological polar surface area (TPSA) is 12.5 Å². The van der Waals surface area contributed by atoms with Crippen molar-refractivity contribution in [3.8, 4) is 0 Å². The molecule has 5 heteroatoms. The van der Waals surface area contributed by atoms with Crippen LogP contribution in [0.1, 0.15) is 12.8 Å². The summed E-state index contributed by atoms with van der Waals surface area (Å²) in [6.45, 7) is 0.647. The summed E-state index contributed by atoms with van der Waals surface area (Å²) in [6, 6.07) is 0. The fraction of sp³-hybridized carbons (Fsp3) is 1.00. The number of halogens is 3. The van der Waals surface area contributed by atoms with E-state index in [1.807, 2.05) is 0 Å². The predicted octanol–water partition coefficient (Wildman–Crippen LogP) is 1.66. The lowest BCUT2D eigenvalue weighted by molar-refractivity contribution is -0.282. The number of methoxy groups -OCH3 is 1. The van der Waals surface area contributed by atoms with Crippen LogP contribution in [0.15, 0.2) is 0 Å². The third kappa shape index (κ3) is 1.96. The number of nitrogens with zero attached hydrogens (tertiary/aromatic N) is 1. The van der Waals surface area contributed by atoms with Crippen LogP contribution in [0.25, 0.3) is 0 Å². The largest absolute Gasteiger partial charge is 0.418 e. The first kappa shape index (κ1) is 10.8. The quantitative estimate of drug-likeness (QED) is 0.634. The van der Waals surface area contributed by atoms with Crippen molar-refractivity contribution in [3.63, 3.8) is 0 Å². The average molecular weight is 197 g/mol. The zero-order valence-corrected chi connectivity index (χ0v) is 7.82. The van der Waals surface area contributed by atoms with Crippen LogP contribution in [0.3, 0.4) is 0 Å². The van der Waals surface area contributed by atoms with Gasteiger partial charge in [0.15, 0.2) is 5.60 Å². The number of rotatable bonds is 1. The zero-order valence-electron chi connectivity index (χ0n) is 7.82. The van der Waals surface area contributed by atoms with Crippen LogP contribution in [-0.4, -0.2) is 43.9 Å². The van der Waals surface area contributed by atoms with Crippen molar-refractivity contribution < 1.29 is 17.9 Å². The highest BCUT2D eigenvalue weighted by molar-refractivity contribution is 4.94. The molecule has 78 valence electrons. The molecular weight excluding hydrogens is 183 g/mol. The summed E-state index contributed by atoms with van der Waals surface area (Å²) < 4.78 is 42.5. The molecule has 1 rings (SSSR count). The Morgan fingerprint density at radius 3 is 2.31 bits per heavy atom. The van der Waals surface area contributed by atoms with E-state index >= 15 is 0 Å². The van der Waals surface area contributed by atoms with Gasteiger partial charge in [0.2, 0.25) is 0 Å². The second-order valence-corrected chi connectivity index (χ2v) is 3.54. The number of hydrogen-bond donors (Lipinski definition) is 0. The highest BCUT2D eigenvalue weighted by atomic mass is 19.4. The van der Waals surface area contributed by atoms with Crippen LogP contribution >= 0.6 is 0 Å². The summed E-state index contributed by atoms with van der Waals surface area (Å²) in [4.78, 5) is 1.65. The molecule has 2 nitrogen and oxygen atoms in total. The first-order valence-electron chi connectivity index (χ1n) is 4.22. The van der Waals surface area contributed by atoms with Gasteiger partial charge in [-0.2, -0.15) is 13.2 Å². The fourth-order valence-electron chi connectivity index (χ4n) is 1.74. The second-order valence-electron chi connectivity index (χ2n) is 3.54. The van der Waals surface area contributed by atoms with Crippen molar-refractivity contribution in [2.24, 2.45) is 0 Å². The molecule has 1 heterocycles. The van der Waals surface area contributed by atoms with Crippen molar-refractivity contribution in [1.82, 2.24) is 4.90 Å². The summed E-state index contributed by atoms with van der Waals surface area (Å²) in [5, 5.41) is 0. The Labute approximate surface area is 75.7 Å². The van der Waals surface area contributed by atoms with E-state index in [4.69, 9.17) is 0 Å². The molecular formula is C8H14F3NO. The van der Waals surface area contributed by atoms with Crippen molar-refractivity contribution in [2.75, 3.05) is 27.2 Å². The number of ether oxygens (including phenoxy) is 1. The minimum absolute atomic E-state index is 0.0625. The smallest absolute Gasteiger partial charge is 0.367 e. The molecule has 0 bridgehead atoms. The normalized spacial score (nSPS) is 32.1. The number of hydrogen-bond acceptors (Lipinski definition) is 2. The van der Waals surface area contributed by atoms with Gasteiger partial charge >= 0.3 is 6.18 Å². The lowest BCUT2D eigenvalue weighted by Crippen LogP contribution is -2.57. The van der Waals surface area contributed by atoms with Gasteiger partial charge in [-0.05, 0) is 26.4 Å². The van der Waals surface area contributed by atoms with E-state index < -0.39 is 11.8 Å². The molecule has 0 aromatic rings. The number of likely N-dealkylation sites (N-methyl/N-ethyl adjacent to an activating group) is 1. The molecule has 1 unspecified atom stereocenters. The van der Waals surface area contributed by atoms with E-state index in [1.165, 1.54) is 0 Å². The van der Waals surface area contributed by atoms with Gasteiger partial charge in [0.25, 0.3) is 0 Å². The average Bonchev–Trinajstić information content (AvgIpc) is 2.02. The maximum atomic E-state index is 12.6. The van der Waals surface area contributed by atoms with E-state index in [9.17, 15) is 13.2 Å². The summed E-state index contributed by atoms with van der Waals surface area (Å²) in [7, 11) is 2.81. The summed E-state index contributed by atoms with van der Waals surface area (Å²) >= 11 is 0. The lowest BCUT2D eigenvalue weighted by atomic mass is 9.92. The lowest BCUT2D eigenvalue weighted by Gasteiger charge is -2.41. The highest BCUT2D eigenvalue weighted by Gasteiger charge is 2.56. The molecule has 1 aliphatic rings. The summed E-state index contributed by atoms with van der Waals surface area (Å²) in [5.41, 5.74) is -1.94. The molecule has 0 saturated carbocycles. The van der Waals surface area contributed by atoms with Gasteiger partial charge in [-0.3, -0.25) is 0 Å². The molecule has 0 amide bonds. The maximum absolute atomic E-state index is 12.6. The van der Waals surface area contributed by atoms with Crippen molar-refractivity contribution in [3.05, 3.63) is 0 Å². The maximum Gasteiger partial charge on any atom is 0.418 e. The molecule has 0 radical (unpaired) electrons. The van der Waals surface area contributed by atoms with E-state index in [0.717, 1.165) is 7.11 Å². The molecule has 1 saturated heterocycles. The Morgan fingerprint density at radius 1 is 1.38 bits per heavy atom. The van der Waals surface area contributed by atoms with E-state index in [0.29, 0.717) is 13.0 Å². The van der Waals surface area contributed by atoms with Crippen LogP contribution in [-0.2, 0) is 4.74 Å². The molecule has 1 atom stereocenters. The molecule has 13 heavy (non-hydrogen) atoms. The van der Waals surface area contributed by atoms with Gasteiger partial charge in [-0.25, -0.2) is 0 Å². The Hall–Kier alpha value is -0.290. The Balaban J connectivity index is 2.79. The van der Waals surface area contributed by atoms with Gasteiger partial charge in [0.05, 0.1) is 0 Å². The van der Waals surface area contributed by atoms with Crippen molar-refractivity contribution in [2.45, 2.75) is 24.6 Å². The SMILES string of the molecule is COC1(C(F)(F)F)CCCN(C)C1. The van der Waals surface area contributed by atoms with Crippen LogP contribution in [0.5, 0.6) is 0 Å². The van der Waals surface area contributed by atoms with Gasteiger partial charge < -0.3 is 9.64 Å².